The highest BCUT2D eigenvalue weighted by atomic mass is 35.5. The number of aryl methyl sites for hydroxylation is 1. The number of fused-ring (bicyclic) bond motifs is 1. The highest BCUT2D eigenvalue weighted by Gasteiger charge is 2.28. The Morgan fingerprint density at radius 3 is 2.48 bits per heavy atom. The van der Waals surface area contributed by atoms with Gasteiger partial charge in [-0.3, -0.25) is 9.59 Å². The predicted molar refractivity (Wildman–Crippen MR) is 125 cm³/mol. The van der Waals surface area contributed by atoms with E-state index in [0.717, 1.165) is 21.7 Å². The summed E-state index contributed by atoms with van der Waals surface area (Å²) in [7, 11) is 0. The monoisotopic (exact) mass is 446 g/mol. The highest BCUT2D eigenvalue weighted by Crippen LogP contribution is 2.35. The van der Waals surface area contributed by atoms with Gasteiger partial charge in [-0.2, -0.15) is 0 Å². The van der Waals surface area contributed by atoms with Crippen molar-refractivity contribution in [3.8, 4) is 21.8 Å². The predicted octanol–water partition coefficient (Wildman–Crippen LogP) is 6.04. The molecule has 0 aliphatic heterocycles. The third kappa shape index (κ3) is 3.75. The number of nitrogens with one attached hydrogen (secondary N) is 1. The van der Waals surface area contributed by atoms with E-state index in [1.165, 1.54) is 11.3 Å². The van der Waals surface area contributed by atoms with Gasteiger partial charge in [-0.15, -0.1) is 11.3 Å². The minimum atomic E-state index is -0.211. The van der Waals surface area contributed by atoms with Crippen LogP contribution in [0.4, 0.5) is 0 Å². The van der Waals surface area contributed by atoms with E-state index in [4.69, 9.17) is 16.6 Å². The molecule has 0 fully saturated rings. The molecular weight excluding hydrogens is 428 g/mol. The molecule has 0 saturated heterocycles. The first-order valence-corrected chi connectivity index (χ1v) is 11.3. The molecule has 4 aromatic rings. The molecule has 2 heterocycles. The lowest BCUT2D eigenvalue weighted by molar-refractivity contribution is 0.0963. The number of halogens is 1. The van der Waals surface area contributed by atoms with Crippen molar-refractivity contribution in [3.63, 3.8) is 0 Å². The number of ketones is 1. The van der Waals surface area contributed by atoms with E-state index in [9.17, 15) is 9.59 Å². The molecule has 6 heteroatoms. The molecule has 0 bridgehead atoms. The largest absolute Gasteiger partial charge is 0.325 e. The van der Waals surface area contributed by atoms with Crippen LogP contribution in [0.3, 0.4) is 0 Å². The number of carbonyl (C=O) groups excluding carboxylic acids is 1. The van der Waals surface area contributed by atoms with Crippen LogP contribution in [-0.2, 0) is 6.42 Å². The number of Topliss-reactive ketones (excluding diaryl/α,β-unsaturated/α-hetero) is 1. The minimum Gasteiger partial charge on any atom is -0.325 e. The van der Waals surface area contributed by atoms with E-state index >= 15 is 0 Å². The molecule has 0 spiro atoms. The van der Waals surface area contributed by atoms with Gasteiger partial charge in [-0.05, 0) is 43.0 Å². The quantitative estimate of drug-likeness (QED) is 0.417. The SMILES string of the molecule is Cc1sc(-c2cc3c([nH]c2=O)CC(c2ccccc2)CC3=O)nc1-c1ccc(Cl)cc1. The first kappa shape index (κ1) is 19.9. The van der Waals surface area contributed by atoms with Crippen LogP contribution in [0.25, 0.3) is 21.8 Å². The van der Waals surface area contributed by atoms with Gasteiger partial charge in [-0.1, -0.05) is 54.1 Å². The molecule has 31 heavy (non-hydrogen) atoms. The Bertz CT molecular complexity index is 1340. The number of hydrogen-bond acceptors (Lipinski definition) is 4. The van der Waals surface area contributed by atoms with Gasteiger partial charge in [0.05, 0.1) is 11.3 Å². The fraction of sp³-hybridized carbons (Fsp3) is 0.160. The lowest BCUT2D eigenvalue weighted by atomic mass is 9.81. The number of carbonyl (C=O) groups is 1. The van der Waals surface area contributed by atoms with Crippen molar-refractivity contribution in [2.24, 2.45) is 0 Å². The summed E-state index contributed by atoms with van der Waals surface area (Å²) in [6.45, 7) is 1.98. The zero-order chi connectivity index (χ0) is 21.5. The fourth-order valence-corrected chi connectivity index (χ4v) is 5.21. The van der Waals surface area contributed by atoms with Crippen LogP contribution in [0.5, 0.6) is 0 Å². The Balaban J connectivity index is 1.52. The van der Waals surface area contributed by atoms with E-state index in [-0.39, 0.29) is 17.3 Å². The number of H-pyrrole nitrogens is 1. The molecule has 2 aromatic carbocycles. The van der Waals surface area contributed by atoms with Crippen molar-refractivity contribution in [2.75, 3.05) is 0 Å². The molecule has 1 atom stereocenters. The number of nitrogens with zero attached hydrogens (tertiary/aromatic N) is 1. The van der Waals surface area contributed by atoms with Crippen molar-refractivity contribution in [1.29, 1.82) is 0 Å². The maximum Gasteiger partial charge on any atom is 0.258 e. The standard InChI is InChI=1S/C25H19ClN2O2S/c1-14-23(16-7-9-18(26)10-8-16)28-25(31-14)20-13-19-21(27-24(20)30)11-17(12-22(19)29)15-5-3-2-4-6-15/h2-10,13,17H,11-12H2,1H3,(H,27,30). The molecule has 1 unspecified atom stereocenters. The molecular formula is C25H19ClN2O2S. The van der Waals surface area contributed by atoms with E-state index in [2.05, 4.69) is 4.98 Å². The fourth-order valence-electron chi connectivity index (χ4n) is 4.14. The smallest absolute Gasteiger partial charge is 0.258 e. The van der Waals surface area contributed by atoms with Gasteiger partial charge in [0.2, 0.25) is 0 Å². The molecule has 0 radical (unpaired) electrons. The summed E-state index contributed by atoms with van der Waals surface area (Å²) in [5.41, 5.74) is 4.43. The summed E-state index contributed by atoms with van der Waals surface area (Å²) >= 11 is 7.45. The number of rotatable bonds is 3. The van der Waals surface area contributed by atoms with Crippen molar-refractivity contribution in [2.45, 2.75) is 25.7 Å². The van der Waals surface area contributed by atoms with Gasteiger partial charge in [-0.25, -0.2) is 4.98 Å². The Kier molecular flexibility index (Phi) is 5.08. The maximum absolute atomic E-state index is 12.9. The normalized spacial score (nSPS) is 15.7. The lowest BCUT2D eigenvalue weighted by Gasteiger charge is -2.24. The first-order chi connectivity index (χ1) is 15.0. The third-order valence-corrected chi connectivity index (χ3v) is 6.98. The van der Waals surface area contributed by atoms with Crippen molar-refractivity contribution < 1.29 is 4.79 Å². The summed E-state index contributed by atoms with van der Waals surface area (Å²) in [5, 5.41) is 1.28. The lowest BCUT2D eigenvalue weighted by Crippen LogP contribution is -2.24. The average Bonchev–Trinajstić information content (AvgIpc) is 3.15. The number of hydrogen-bond donors (Lipinski definition) is 1. The van der Waals surface area contributed by atoms with Crippen LogP contribution in [0, 0.1) is 6.92 Å². The molecule has 154 valence electrons. The molecule has 0 amide bonds. The van der Waals surface area contributed by atoms with Crippen LogP contribution in [-0.4, -0.2) is 15.8 Å². The number of aromatic nitrogens is 2. The van der Waals surface area contributed by atoms with E-state index in [0.29, 0.717) is 39.7 Å². The average molecular weight is 447 g/mol. The second kappa shape index (κ2) is 7.91. The Morgan fingerprint density at radius 2 is 1.74 bits per heavy atom. The van der Waals surface area contributed by atoms with Crippen molar-refractivity contribution in [1.82, 2.24) is 9.97 Å². The van der Waals surface area contributed by atoms with E-state index in [1.807, 2.05) is 61.5 Å². The van der Waals surface area contributed by atoms with Gasteiger partial charge in [0.1, 0.15) is 5.01 Å². The van der Waals surface area contributed by atoms with Gasteiger partial charge in [0.15, 0.2) is 5.78 Å². The summed E-state index contributed by atoms with van der Waals surface area (Å²) in [5.74, 6) is 0.139. The number of aromatic amines is 1. The summed E-state index contributed by atoms with van der Waals surface area (Å²) < 4.78 is 0. The molecule has 2 aromatic heterocycles. The topological polar surface area (TPSA) is 62.8 Å². The van der Waals surface area contributed by atoms with Gasteiger partial charge in [0, 0.05) is 33.1 Å². The molecule has 1 aliphatic carbocycles. The van der Waals surface area contributed by atoms with Crippen LogP contribution < -0.4 is 5.56 Å². The molecule has 1 aliphatic rings. The highest BCUT2D eigenvalue weighted by molar-refractivity contribution is 7.15. The summed E-state index contributed by atoms with van der Waals surface area (Å²) in [4.78, 5) is 34.6. The van der Waals surface area contributed by atoms with E-state index < -0.39 is 0 Å². The van der Waals surface area contributed by atoms with Crippen molar-refractivity contribution >= 4 is 28.7 Å². The second-order valence-corrected chi connectivity index (χ2v) is 9.41. The van der Waals surface area contributed by atoms with Crippen LogP contribution >= 0.6 is 22.9 Å². The Morgan fingerprint density at radius 1 is 1.00 bits per heavy atom. The zero-order valence-electron chi connectivity index (χ0n) is 16.8. The van der Waals surface area contributed by atoms with Crippen LogP contribution in [0.15, 0.2) is 65.5 Å². The molecule has 4 nitrogen and oxygen atoms in total. The van der Waals surface area contributed by atoms with Crippen LogP contribution in [0.1, 0.15) is 38.8 Å². The summed E-state index contributed by atoms with van der Waals surface area (Å²) in [6, 6.07) is 19.2. The molecule has 5 rings (SSSR count). The number of pyridine rings is 1. The van der Waals surface area contributed by atoms with Crippen molar-refractivity contribution in [3.05, 3.63) is 97.7 Å². The third-order valence-electron chi connectivity index (χ3n) is 5.72. The first-order valence-electron chi connectivity index (χ1n) is 10.1. The Hall–Kier alpha value is -3.02. The molecule has 0 saturated carbocycles. The zero-order valence-corrected chi connectivity index (χ0v) is 18.4. The van der Waals surface area contributed by atoms with Gasteiger partial charge < -0.3 is 4.98 Å². The maximum atomic E-state index is 12.9. The summed E-state index contributed by atoms with van der Waals surface area (Å²) in [6.07, 6.45) is 1.09. The molecule has 1 N–H and O–H groups in total. The van der Waals surface area contributed by atoms with E-state index in [1.54, 1.807) is 6.07 Å². The number of thiazole rings is 1. The Labute approximate surface area is 188 Å². The second-order valence-electron chi connectivity index (χ2n) is 7.77. The minimum absolute atomic E-state index is 0.0544. The number of benzene rings is 2. The van der Waals surface area contributed by atoms with Gasteiger partial charge in [0.25, 0.3) is 5.56 Å². The van der Waals surface area contributed by atoms with Gasteiger partial charge >= 0.3 is 0 Å². The van der Waals surface area contributed by atoms with Crippen LogP contribution in [0.2, 0.25) is 5.02 Å².